The summed E-state index contributed by atoms with van der Waals surface area (Å²) >= 11 is 5.92. The molecule has 2 aromatic rings. The van der Waals surface area contributed by atoms with Gasteiger partial charge >= 0.3 is 0 Å². The van der Waals surface area contributed by atoms with Gasteiger partial charge in [0, 0.05) is 21.7 Å². The summed E-state index contributed by atoms with van der Waals surface area (Å²) in [7, 11) is -3.28. The van der Waals surface area contributed by atoms with Crippen LogP contribution in [0.25, 0.3) is 0 Å². The lowest BCUT2D eigenvalue weighted by Crippen LogP contribution is -2.41. The van der Waals surface area contributed by atoms with Crippen LogP contribution in [0.4, 0.5) is 5.69 Å². The number of aryl methyl sites for hydroxylation is 1. The molecule has 0 saturated heterocycles. The van der Waals surface area contributed by atoms with Crippen molar-refractivity contribution in [3.63, 3.8) is 0 Å². The average molecular weight is 362 g/mol. The molecule has 1 aliphatic rings. The van der Waals surface area contributed by atoms with E-state index in [0.717, 1.165) is 5.56 Å². The van der Waals surface area contributed by atoms with Crippen molar-refractivity contribution in [2.75, 3.05) is 10.7 Å². The highest BCUT2D eigenvalue weighted by atomic mass is 35.5. The van der Waals surface area contributed by atoms with Crippen LogP contribution >= 0.6 is 11.6 Å². The van der Waals surface area contributed by atoms with Crippen LogP contribution < -0.4 is 4.90 Å². The first-order valence-corrected chi connectivity index (χ1v) is 9.52. The van der Waals surface area contributed by atoms with E-state index in [1.54, 1.807) is 42.5 Å². The van der Waals surface area contributed by atoms with Gasteiger partial charge in [0.25, 0.3) is 5.91 Å². The highest BCUT2D eigenvalue weighted by molar-refractivity contribution is 7.94. The quantitative estimate of drug-likeness (QED) is 0.839. The van der Waals surface area contributed by atoms with Gasteiger partial charge in [-0.15, -0.1) is 0 Å². The maximum atomic E-state index is 13.0. The Hall–Kier alpha value is -2.11. The van der Waals surface area contributed by atoms with Gasteiger partial charge in [-0.05, 0) is 49.4 Å². The molecule has 0 spiro atoms. The summed E-state index contributed by atoms with van der Waals surface area (Å²) in [5, 5.41) is 1.72. The number of nitrogens with zero attached hydrogens (tertiary/aromatic N) is 1. The Balaban J connectivity index is 2.01. The van der Waals surface area contributed by atoms with E-state index in [1.165, 1.54) is 10.3 Å². The van der Waals surface area contributed by atoms with E-state index in [4.69, 9.17) is 11.6 Å². The number of carbonyl (C=O) groups excluding carboxylic acids is 1. The van der Waals surface area contributed by atoms with E-state index in [0.29, 0.717) is 16.3 Å². The summed E-state index contributed by atoms with van der Waals surface area (Å²) < 4.78 is 23.6. The summed E-state index contributed by atoms with van der Waals surface area (Å²) in [5.74, 6) is -0.364. The van der Waals surface area contributed by atoms with Gasteiger partial charge < -0.3 is 4.90 Å². The maximum Gasteiger partial charge on any atom is 0.258 e. The van der Waals surface area contributed by atoms with Crippen molar-refractivity contribution in [3.8, 4) is 0 Å². The molecule has 0 aliphatic carbocycles. The third-order valence-corrected chi connectivity index (χ3v) is 5.49. The van der Waals surface area contributed by atoms with Crippen LogP contribution in [0.2, 0.25) is 5.02 Å². The van der Waals surface area contributed by atoms with Crippen molar-refractivity contribution in [3.05, 3.63) is 76.2 Å². The van der Waals surface area contributed by atoms with Crippen molar-refractivity contribution in [2.45, 2.75) is 13.0 Å². The van der Waals surface area contributed by atoms with Crippen LogP contribution in [0, 0.1) is 6.92 Å². The number of sulfone groups is 1. The average Bonchev–Trinajstić information content (AvgIpc) is 2.90. The van der Waals surface area contributed by atoms with Gasteiger partial charge in [0.15, 0.2) is 9.84 Å². The lowest BCUT2D eigenvalue weighted by molar-refractivity contribution is 0.0983. The zero-order valence-corrected chi connectivity index (χ0v) is 14.6. The van der Waals surface area contributed by atoms with Gasteiger partial charge in [-0.25, -0.2) is 8.42 Å². The molecule has 4 nitrogen and oxygen atoms in total. The standard InChI is InChI=1S/C18H16ClNO3S/c1-13-2-4-14(5-3-13)18(21)20(16-8-6-15(19)7-9-16)17-10-11-24(22,23)12-17/h2-11,17H,12H2,1H3/t17-/m1/s1. The first kappa shape index (κ1) is 16.7. The highest BCUT2D eigenvalue weighted by Gasteiger charge is 2.31. The van der Waals surface area contributed by atoms with Crippen LogP contribution in [0.15, 0.2) is 60.0 Å². The Labute approximate surface area is 146 Å². The molecule has 6 heteroatoms. The molecule has 0 fully saturated rings. The summed E-state index contributed by atoms with van der Waals surface area (Å²) in [6.45, 7) is 1.94. The number of carbonyl (C=O) groups is 1. The molecule has 24 heavy (non-hydrogen) atoms. The lowest BCUT2D eigenvalue weighted by atomic mass is 10.1. The van der Waals surface area contributed by atoms with Gasteiger partial charge in [-0.1, -0.05) is 29.3 Å². The first-order chi connectivity index (χ1) is 11.4. The molecular weight excluding hydrogens is 346 g/mol. The van der Waals surface area contributed by atoms with Crippen LogP contribution in [-0.4, -0.2) is 26.1 Å². The fourth-order valence-corrected chi connectivity index (χ4v) is 4.01. The predicted molar refractivity (Wildman–Crippen MR) is 96.2 cm³/mol. The Morgan fingerprint density at radius 3 is 2.25 bits per heavy atom. The normalized spacial score (nSPS) is 18.5. The van der Waals surface area contributed by atoms with Crippen molar-refractivity contribution in [1.82, 2.24) is 0 Å². The number of anilines is 1. The molecule has 0 radical (unpaired) electrons. The largest absolute Gasteiger partial charge is 0.300 e. The van der Waals surface area contributed by atoms with E-state index in [-0.39, 0.29) is 11.7 Å². The third kappa shape index (κ3) is 3.52. The molecule has 0 aromatic heterocycles. The molecule has 1 heterocycles. The molecule has 0 bridgehead atoms. The second kappa shape index (κ2) is 6.42. The molecule has 0 N–H and O–H groups in total. The van der Waals surface area contributed by atoms with Gasteiger partial charge in [0.05, 0.1) is 11.8 Å². The number of halogens is 1. The summed E-state index contributed by atoms with van der Waals surface area (Å²) in [5.41, 5.74) is 2.16. The molecule has 0 unspecified atom stereocenters. The zero-order chi connectivity index (χ0) is 17.3. The van der Waals surface area contributed by atoms with Crippen LogP contribution in [0.1, 0.15) is 15.9 Å². The second-order valence-corrected chi connectivity index (χ2v) is 8.11. The number of amides is 1. The number of hydrogen-bond donors (Lipinski definition) is 0. The Kier molecular flexibility index (Phi) is 4.47. The smallest absolute Gasteiger partial charge is 0.258 e. The predicted octanol–water partition coefficient (Wildman–Crippen LogP) is 3.61. The van der Waals surface area contributed by atoms with Crippen molar-refractivity contribution >= 4 is 33.0 Å². The van der Waals surface area contributed by atoms with Gasteiger partial charge in [0.2, 0.25) is 0 Å². The van der Waals surface area contributed by atoms with Crippen molar-refractivity contribution in [1.29, 1.82) is 0 Å². The monoisotopic (exact) mass is 361 g/mol. The molecule has 124 valence electrons. The fourth-order valence-electron chi connectivity index (χ4n) is 2.62. The molecule has 1 amide bonds. The van der Waals surface area contributed by atoms with Crippen LogP contribution in [0.5, 0.6) is 0 Å². The Morgan fingerprint density at radius 1 is 1.08 bits per heavy atom. The fraction of sp³-hybridized carbons (Fsp3) is 0.167. The molecule has 3 rings (SSSR count). The van der Waals surface area contributed by atoms with Gasteiger partial charge in [0.1, 0.15) is 0 Å². The first-order valence-electron chi connectivity index (χ1n) is 7.42. The summed E-state index contributed by atoms with van der Waals surface area (Å²) in [6.07, 6.45) is 1.55. The Morgan fingerprint density at radius 2 is 1.71 bits per heavy atom. The minimum Gasteiger partial charge on any atom is -0.300 e. The summed E-state index contributed by atoms with van der Waals surface area (Å²) in [4.78, 5) is 14.5. The molecule has 0 saturated carbocycles. The molecule has 1 aliphatic heterocycles. The van der Waals surface area contributed by atoms with E-state index in [1.807, 2.05) is 19.1 Å². The van der Waals surface area contributed by atoms with Crippen molar-refractivity contribution in [2.24, 2.45) is 0 Å². The van der Waals surface area contributed by atoms with Crippen molar-refractivity contribution < 1.29 is 13.2 Å². The number of rotatable bonds is 3. The maximum absolute atomic E-state index is 13.0. The highest BCUT2D eigenvalue weighted by Crippen LogP contribution is 2.26. The number of hydrogen-bond acceptors (Lipinski definition) is 3. The summed E-state index contributed by atoms with van der Waals surface area (Å²) in [6, 6.07) is 13.5. The van der Waals surface area contributed by atoms with E-state index in [9.17, 15) is 13.2 Å². The van der Waals surface area contributed by atoms with Crippen LogP contribution in [-0.2, 0) is 9.84 Å². The van der Waals surface area contributed by atoms with Crippen LogP contribution in [0.3, 0.4) is 0 Å². The second-order valence-electron chi connectivity index (χ2n) is 5.74. The molecule has 2 aromatic carbocycles. The van der Waals surface area contributed by atoms with Gasteiger partial charge in [-0.2, -0.15) is 0 Å². The van der Waals surface area contributed by atoms with Gasteiger partial charge in [-0.3, -0.25) is 4.79 Å². The van der Waals surface area contributed by atoms with E-state index < -0.39 is 15.9 Å². The molecular formula is C18H16ClNO3S. The molecule has 1 atom stereocenters. The Bertz CT molecular complexity index is 887. The number of benzene rings is 2. The topological polar surface area (TPSA) is 54.5 Å². The minimum absolute atomic E-state index is 0.118. The van der Waals surface area contributed by atoms with E-state index in [2.05, 4.69) is 0 Å². The lowest BCUT2D eigenvalue weighted by Gasteiger charge is -2.28. The third-order valence-electron chi connectivity index (χ3n) is 3.86. The zero-order valence-electron chi connectivity index (χ0n) is 13.0. The SMILES string of the molecule is Cc1ccc(C(=O)N(c2ccc(Cl)cc2)[C@@H]2C=CS(=O)(=O)C2)cc1. The minimum atomic E-state index is -3.28. The van der Waals surface area contributed by atoms with E-state index >= 15 is 0 Å².